The van der Waals surface area contributed by atoms with E-state index >= 15 is 0 Å². The fraction of sp³-hybridized carbons (Fsp3) is 0.833. The van der Waals surface area contributed by atoms with Gasteiger partial charge in [-0.15, -0.1) is 0 Å². The molecule has 0 aromatic carbocycles. The average Bonchev–Trinajstić information content (AvgIpc) is 2.78. The van der Waals surface area contributed by atoms with Crippen LogP contribution in [0.4, 0.5) is 0 Å². The lowest BCUT2D eigenvalue weighted by molar-refractivity contribution is -0.155. The van der Waals surface area contributed by atoms with E-state index in [0.717, 1.165) is 25.9 Å². The van der Waals surface area contributed by atoms with Gasteiger partial charge in [-0.25, -0.2) is 4.79 Å². The van der Waals surface area contributed by atoms with Gasteiger partial charge in [0.15, 0.2) is 6.10 Å². The lowest BCUT2D eigenvalue weighted by Crippen LogP contribution is -2.43. The van der Waals surface area contributed by atoms with Crippen LogP contribution in [0.5, 0.6) is 0 Å². The maximum absolute atomic E-state index is 12.1. The molecule has 0 spiro atoms. The second-order valence-corrected chi connectivity index (χ2v) is 5.04. The molecular weight excluding hydrogens is 222 g/mol. The van der Waals surface area contributed by atoms with Crippen molar-refractivity contribution >= 4 is 11.9 Å². The number of carboxylic acid groups (broad SMARTS) is 1. The minimum atomic E-state index is -0.965. The summed E-state index contributed by atoms with van der Waals surface area (Å²) in [6.07, 6.45) is 1.69. The molecular formula is C12H19NO4. The highest BCUT2D eigenvalue weighted by molar-refractivity contribution is 5.82. The predicted molar refractivity (Wildman–Crippen MR) is 60.5 cm³/mol. The summed E-state index contributed by atoms with van der Waals surface area (Å²) in [5.41, 5.74) is 0. The van der Waals surface area contributed by atoms with Crippen molar-refractivity contribution in [3.8, 4) is 0 Å². The summed E-state index contributed by atoms with van der Waals surface area (Å²) in [5, 5.41) is 8.81. The zero-order chi connectivity index (χ0) is 12.4. The predicted octanol–water partition coefficient (Wildman–Crippen LogP) is 0.877. The highest BCUT2D eigenvalue weighted by Gasteiger charge is 2.37. The van der Waals surface area contributed by atoms with Crippen LogP contribution >= 0.6 is 0 Å². The Hall–Kier alpha value is -1.10. The van der Waals surface area contributed by atoms with Gasteiger partial charge in [0, 0.05) is 13.1 Å². The fourth-order valence-corrected chi connectivity index (χ4v) is 2.43. The van der Waals surface area contributed by atoms with Crippen molar-refractivity contribution in [3.63, 3.8) is 0 Å². The molecule has 0 saturated carbocycles. The number of hydrogen-bond acceptors (Lipinski definition) is 3. The molecule has 2 atom stereocenters. The van der Waals surface area contributed by atoms with Gasteiger partial charge in [0.25, 0.3) is 5.91 Å². The van der Waals surface area contributed by atoms with Crippen LogP contribution in [0.15, 0.2) is 0 Å². The second kappa shape index (κ2) is 5.04. The van der Waals surface area contributed by atoms with E-state index in [-0.39, 0.29) is 5.91 Å². The Morgan fingerprint density at radius 3 is 2.24 bits per heavy atom. The first kappa shape index (κ1) is 12.4. The number of carbonyl (C=O) groups excluding carboxylic acids is 1. The van der Waals surface area contributed by atoms with Crippen LogP contribution in [0, 0.1) is 5.92 Å². The number of aliphatic carboxylic acids is 1. The molecule has 2 aliphatic rings. The molecule has 17 heavy (non-hydrogen) atoms. The Morgan fingerprint density at radius 1 is 1.12 bits per heavy atom. The van der Waals surface area contributed by atoms with Gasteiger partial charge >= 0.3 is 5.97 Å². The van der Waals surface area contributed by atoms with E-state index in [1.165, 1.54) is 0 Å². The van der Waals surface area contributed by atoms with Crippen LogP contribution in [-0.4, -0.2) is 47.2 Å². The minimum Gasteiger partial charge on any atom is -0.479 e. The molecule has 2 rings (SSSR count). The molecule has 2 aliphatic heterocycles. The van der Waals surface area contributed by atoms with Gasteiger partial charge in [-0.1, -0.05) is 6.92 Å². The smallest absolute Gasteiger partial charge is 0.332 e. The molecule has 2 heterocycles. The number of rotatable bonds is 2. The number of amides is 1. The number of carboxylic acids is 1. The third-order valence-corrected chi connectivity index (χ3v) is 3.67. The highest BCUT2D eigenvalue weighted by Crippen LogP contribution is 2.24. The second-order valence-electron chi connectivity index (χ2n) is 5.04. The third kappa shape index (κ3) is 2.77. The van der Waals surface area contributed by atoms with Gasteiger partial charge in [-0.2, -0.15) is 0 Å². The lowest BCUT2D eigenvalue weighted by Gasteiger charge is -2.31. The Morgan fingerprint density at radius 2 is 1.71 bits per heavy atom. The van der Waals surface area contributed by atoms with Gasteiger partial charge < -0.3 is 14.7 Å². The van der Waals surface area contributed by atoms with E-state index < -0.39 is 18.2 Å². The Kier molecular flexibility index (Phi) is 3.66. The minimum absolute atomic E-state index is 0.0272. The van der Waals surface area contributed by atoms with Crippen molar-refractivity contribution in [2.75, 3.05) is 13.1 Å². The highest BCUT2D eigenvalue weighted by atomic mass is 16.5. The van der Waals surface area contributed by atoms with E-state index in [2.05, 4.69) is 6.92 Å². The summed E-state index contributed by atoms with van der Waals surface area (Å²) >= 11 is 0. The first-order chi connectivity index (χ1) is 8.08. The van der Waals surface area contributed by atoms with Crippen LogP contribution in [0.2, 0.25) is 0 Å². The number of piperidine rings is 1. The van der Waals surface area contributed by atoms with E-state index in [1.54, 1.807) is 0 Å². The first-order valence-electron chi connectivity index (χ1n) is 6.25. The molecule has 0 radical (unpaired) electrons. The summed E-state index contributed by atoms with van der Waals surface area (Å²) in [4.78, 5) is 24.6. The SMILES string of the molecule is CC1CCN(C(=O)C2CCC(C(=O)O)O2)CC1. The number of nitrogens with zero attached hydrogens (tertiary/aromatic N) is 1. The molecule has 1 amide bonds. The van der Waals surface area contributed by atoms with E-state index in [9.17, 15) is 9.59 Å². The molecule has 96 valence electrons. The topological polar surface area (TPSA) is 66.8 Å². The molecule has 0 aromatic rings. The molecule has 2 fully saturated rings. The lowest BCUT2D eigenvalue weighted by atomic mass is 9.99. The third-order valence-electron chi connectivity index (χ3n) is 3.67. The van der Waals surface area contributed by atoms with Crippen molar-refractivity contribution in [3.05, 3.63) is 0 Å². The van der Waals surface area contributed by atoms with Gasteiger partial charge in [0.1, 0.15) is 6.10 Å². The maximum atomic E-state index is 12.1. The van der Waals surface area contributed by atoms with Gasteiger partial charge in [-0.3, -0.25) is 4.79 Å². The zero-order valence-corrected chi connectivity index (χ0v) is 10.1. The zero-order valence-electron chi connectivity index (χ0n) is 10.1. The standard InChI is InChI=1S/C12H19NO4/c1-8-4-6-13(7-5-8)11(14)9-2-3-10(17-9)12(15)16/h8-10H,2-7H2,1H3,(H,15,16). The van der Waals surface area contributed by atoms with Crippen LogP contribution in [-0.2, 0) is 14.3 Å². The molecule has 5 heteroatoms. The van der Waals surface area contributed by atoms with Crippen molar-refractivity contribution in [1.82, 2.24) is 4.90 Å². The molecule has 0 bridgehead atoms. The largest absolute Gasteiger partial charge is 0.479 e. The summed E-state index contributed by atoms with van der Waals surface area (Å²) < 4.78 is 5.27. The van der Waals surface area contributed by atoms with Crippen molar-refractivity contribution in [1.29, 1.82) is 0 Å². The monoisotopic (exact) mass is 241 g/mol. The Bertz CT molecular complexity index is 310. The summed E-state index contributed by atoms with van der Waals surface area (Å²) in [6, 6.07) is 0. The van der Waals surface area contributed by atoms with Crippen LogP contribution in [0.25, 0.3) is 0 Å². The normalized spacial score (nSPS) is 30.5. The molecule has 2 saturated heterocycles. The van der Waals surface area contributed by atoms with Crippen molar-refractivity contribution < 1.29 is 19.4 Å². The van der Waals surface area contributed by atoms with Crippen molar-refractivity contribution in [2.24, 2.45) is 5.92 Å². The molecule has 1 N–H and O–H groups in total. The van der Waals surface area contributed by atoms with Crippen LogP contribution in [0.3, 0.4) is 0 Å². The van der Waals surface area contributed by atoms with E-state index in [1.807, 2.05) is 4.90 Å². The van der Waals surface area contributed by atoms with Gasteiger partial charge in [0.05, 0.1) is 0 Å². The number of ether oxygens (including phenoxy) is 1. The average molecular weight is 241 g/mol. The van der Waals surface area contributed by atoms with Crippen molar-refractivity contribution in [2.45, 2.75) is 44.8 Å². The molecule has 2 unspecified atom stereocenters. The first-order valence-corrected chi connectivity index (χ1v) is 6.25. The van der Waals surface area contributed by atoms with E-state index in [4.69, 9.17) is 9.84 Å². The maximum Gasteiger partial charge on any atom is 0.332 e. The number of likely N-dealkylation sites (tertiary alicyclic amines) is 1. The fourth-order valence-electron chi connectivity index (χ4n) is 2.43. The summed E-state index contributed by atoms with van der Waals surface area (Å²) in [6.45, 7) is 3.74. The quantitative estimate of drug-likeness (QED) is 0.779. The molecule has 5 nitrogen and oxygen atoms in total. The number of hydrogen-bond donors (Lipinski definition) is 1. The van der Waals surface area contributed by atoms with Crippen LogP contribution < -0.4 is 0 Å². The van der Waals surface area contributed by atoms with Gasteiger partial charge in [0.2, 0.25) is 0 Å². The Labute approximate surface area is 101 Å². The van der Waals surface area contributed by atoms with Gasteiger partial charge in [-0.05, 0) is 31.6 Å². The van der Waals surface area contributed by atoms with E-state index in [0.29, 0.717) is 18.8 Å². The Balaban J connectivity index is 1.86. The molecule has 0 aliphatic carbocycles. The summed E-state index contributed by atoms with van der Waals surface area (Å²) in [7, 11) is 0. The van der Waals surface area contributed by atoms with Crippen LogP contribution in [0.1, 0.15) is 32.6 Å². The number of carbonyl (C=O) groups is 2. The summed E-state index contributed by atoms with van der Waals surface area (Å²) in [5.74, 6) is -0.316. The molecule has 0 aromatic heterocycles.